The number of nitrogens with one attached hydrogen (secondary N) is 1. The van der Waals surface area contributed by atoms with E-state index in [1.165, 1.54) is 6.08 Å². The minimum atomic E-state index is -0.256. The zero-order chi connectivity index (χ0) is 42.2. The molecule has 3 heterocycles. The van der Waals surface area contributed by atoms with E-state index in [1.54, 1.807) is 37.0 Å². The van der Waals surface area contributed by atoms with E-state index in [0.29, 0.717) is 79.9 Å². The number of nitrogens with zero attached hydrogens (tertiary/aromatic N) is 3. The van der Waals surface area contributed by atoms with Crippen molar-refractivity contribution in [3.63, 3.8) is 0 Å². The molecule has 13 heteroatoms. The van der Waals surface area contributed by atoms with E-state index in [0.717, 1.165) is 45.8 Å². The highest BCUT2D eigenvalue weighted by Gasteiger charge is 2.27. The van der Waals surface area contributed by atoms with Crippen LogP contribution in [-0.4, -0.2) is 105 Å². The van der Waals surface area contributed by atoms with Crippen molar-refractivity contribution in [2.24, 2.45) is 5.92 Å². The highest BCUT2D eigenvalue weighted by molar-refractivity contribution is 6.16. The fourth-order valence-corrected chi connectivity index (χ4v) is 8.05. The maximum atomic E-state index is 13.3. The number of para-hydroxylation sites is 1. The van der Waals surface area contributed by atoms with E-state index < -0.39 is 0 Å². The molecule has 0 spiro atoms. The first-order valence-corrected chi connectivity index (χ1v) is 20.5. The molecule has 0 radical (unpaired) electrons. The summed E-state index contributed by atoms with van der Waals surface area (Å²) in [6, 6.07) is 22.6. The summed E-state index contributed by atoms with van der Waals surface area (Å²) < 4.78 is 31.2. The molecular weight excluding hydrogens is 765 g/mol. The van der Waals surface area contributed by atoms with Gasteiger partial charge in [0.25, 0.3) is 11.8 Å². The van der Waals surface area contributed by atoms with Gasteiger partial charge in [0.05, 0.1) is 58.0 Å². The molecule has 0 saturated carbocycles. The molecule has 5 aromatic rings. The van der Waals surface area contributed by atoms with Crippen molar-refractivity contribution in [1.82, 2.24) is 19.7 Å². The number of amides is 3. The first-order valence-electron chi connectivity index (χ1n) is 20.5. The van der Waals surface area contributed by atoms with Gasteiger partial charge in [0, 0.05) is 60.4 Å². The zero-order valence-electron chi connectivity index (χ0n) is 34.5. The maximum absolute atomic E-state index is 13.3. The number of carbonyl (C=O) groups excluding carboxylic acids is 4. The molecule has 3 amide bonds. The van der Waals surface area contributed by atoms with Crippen molar-refractivity contribution in [2.75, 3.05) is 66.8 Å². The first kappa shape index (κ1) is 41.8. The second-order valence-electron chi connectivity index (χ2n) is 15.0. The number of fused-ring (bicyclic) bond motifs is 4. The van der Waals surface area contributed by atoms with Crippen LogP contribution in [0, 0.1) is 5.92 Å². The van der Waals surface area contributed by atoms with Crippen LogP contribution in [0.3, 0.4) is 0 Å². The molecule has 314 valence electrons. The number of piperidine rings is 1. The van der Waals surface area contributed by atoms with Crippen LogP contribution >= 0.6 is 0 Å². The molecule has 13 nitrogen and oxygen atoms in total. The lowest BCUT2D eigenvalue weighted by molar-refractivity contribution is -0.134. The Morgan fingerprint density at radius 2 is 1.65 bits per heavy atom. The summed E-state index contributed by atoms with van der Waals surface area (Å²) >= 11 is 0. The molecule has 1 atom stereocenters. The van der Waals surface area contributed by atoms with Crippen molar-refractivity contribution in [1.29, 1.82) is 0 Å². The summed E-state index contributed by atoms with van der Waals surface area (Å²) in [5, 5.41) is 4.57. The van der Waals surface area contributed by atoms with Crippen LogP contribution in [0.2, 0.25) is 0 Å². The standard InChI is InChI=1S/C47H52N4O9/c1-5-43(52)50-20-23-59-46-35(29-50)24-34(32-14-16-40(56-3)41(26-32)57-4)27-42(46)60-30-31-10-9-19-49(28-31)45(54)17-21-58-22-18-48-47(55)33-13-15-39-37(25-33)36-11-7-8-12-38(36)51(39)44(53)6-2/h6-8,11-16,24-27,31H,2,5,9-10,17-23,28-30H2,1,3-4H3,(H,48,55)/t31-/m0/s1. The van der Waals surface area contributed by atoms with Crippen molar-refractivity contribution in [2.45, 2.75) is 39.2 Å². The summed E-state index contributed by atoms with van der Waals surface area (Å²) in [6.07, 6.45) is 3.69. The number of hydrogen-bond donors (Lipinski definition) is 1. The lowest BCUT2D eigenvalue weighted by Crippen LogP contribution is -2.42. The molecule has 1 aromatic heterocycles. The number of carbonyl (C=O) groups is 4. The van der Waals surface area contributed by atoms with Gasteiger partial charge in [0.15, 0.2) is 23.0 Å². The maximum Gasteiger partial charge on any atom is 0.254 e. The van der Waals surface area contributed by atoms with Crippen LogP contribution in [0.4, 0.5) is 0 Å². The Morgan fingerprint density at radius 3 is 2.45 bits per heavy atom. The molecule has 2 aliphatic rings. The molecular formula is C47H52N4O9. The molecule has 1 N–H and O–H groups in total. The van der Waals surface area contributed by atoms with Crippen LogP contribution < -0.4 is 24.3 Å². The van der Waals surface area contributed by atoms with Gasteiger partial charge in [-0.1, -0.05) is 37.8 Å². The highest BCUT2D eigenvalue weighted by Crippen LogP contribution is 2.41. The third-order valence-corrected chi connectivity index (χ3v) is 11.1. The van der Waals surface area contributed by atoms with E-state index in [-0.39, 0.29) is 55.7 Å². The summed E-state index contributed by atoms with van der Waals surface area (Å²) in [6.45, 7) is 9.13. The Bertz CT molecular complexity index is 2410. The second-order valence-corrected chi connectivity index (χ2v) is 15.0. The Labute approximate surface area is 349 Å². The molecule has 0 unspecified atom stereocenters. The van der Waals surface area contributed by atoms with Gasteiger partial charge in [-0.3, -0.25) is 23.7 Å². The molecule has 7 rings (SSSR count). The van der Waals surface area contributed by atoms with Gasteiger partial charge >= 0.3 is 0 Å². The molecule has 2 aliphatic heterocycles. The first-order chi connectivity index (χ1) is 29.2. The van der Waals surface area contributed by atoms with E-state index in [2.05, 4.69) is 11.9 Å². The highest BCUT2D eigenvalue weighted by atomic mass is 16.5. The smallest absolute Gasteiger partial charge is 0.254 e. The van der Waals surface area contributed by atoms with Gasteiger partial charge < -0.3 is 38.8 Å². The number of allylic oxidation sites excluding steroid dienone is 1. The average molecular weight is 817 g/mol. The summed E-state index contributed by atoms with van der Waals surface area (Å²) in [5.41, 5.74) is 4.59. The lowest BCUT2D eigenvalue weighted by atomic mass is 9.98. The Kier molecular flexibility index (Phi) is 13.3. The average Bonchev–Trinajstić information content (AvgIpc) is 3.45. The van der Waals surface area contributed by atoms with Crippen molar-refractivity contribution in [3.8, 4) is 34.1 Å². The zero-order valence-corrected chi connectivity index (χ0v) is 34.5. The third-order valence-electron chi connectivity index (χ3n) is 11.1. The number of rotatable bonds is 15. The molecule has 0 bridgehead atoms. The van der Waals surface area contributed by atoms with Gasteiger partial charge in [-0.05, 0) is 78.6 Å². The van der Waals surface area contributed by atoms with Crippen LogP contribution in [0.15, 0.2) is 85.5 Å². The molecule has 4 aromatic carbocycles. The van der Waals surface area contributed by atoms with Crippen LogP contribution in [0.1, 0.15) is 53.3 Å². The third kappa shape index (κ3) is 9.11. The number of benzene rings is 4. The van der Waals surface area contributed by atoms with E-state index >= 15 is 0 Å². The number of methoxy groups -OCH3 is 2. The van der Waals surface area contributed by atoms with Crippen LogP contribution in [0.25, 0.3) is 32.9 Å². The molecule has 0 aliphatic carbocycles. The Hall–Kier alpha value is -6.34. The number of aromatic nitrogens is 1. The molecule has 60 heavy (non-hydrogen) atoms. The summed E-state index contributed by atoms with van der Waals surface area (Å²) in [5.74, 6) is 2.15. The number of ether oxygens (including phenoxy) is 5. The van der Waals surface area contributed by atoms with Crippen LogP contribution in [0.5, 0.6) is 23.0 Å². The fraction of sp³-hybridized carbons (Fsp3) is 0.362. The Morgan fingerprint density at radius 1 is 0.850 bits per heavy atom. The van der Waals surface area contributed by atoms with Gasteiger partial charge in [-0.25, -0.2) is 0 Å². The van der Waals surface area contributed by atoms with Gasteiger partial charge in [-0.15, -0.1) is 0 Å². The molecule has 1 saturated heterocycles. The number of likely N-dealkylation sites (tertiary alicyclic amines) is 1. The lowest BCUT2D eigenvalue weighted by Gasteiger charge is -2.33. The van der Waals surface area contributed by atoms with Crippen LogP contribution in [-0.2, 0) is 20.9 Å². The Balaban J connectivity index is 0.918. The summed E-state index contributed by atoms with van der Waals surface area (Å²) in [7, 11) is 3.20. The minimum absolute atomic E-state index is 0.0134. The summed E-state index contributed by atoms with van der Waals surface area (Å²) in [4.78, 5) is 55.4. The molecule has 1 fully saturated rings. The van der Waals surface area contributed by atoms with E-state index in [9.17, 15) is 19.2 Å². The topological polar surface area (TPSA) is 138 Å². The predicted molar refractivity (Wildman–Crippen MR) is 229 cm³/mol. The van der Waals surface area contributed by atoms with Crippen molar-refractivity contribution in [3.05, 3.63) is 96.6 Å². The van der Waals surface area contributed by atoms with Gasteiger partial charge in [0.1, 0.15) is 6.61 Å². The van der Waals surface area contributed by atoms with Gasteiger partial charge in [-0.2, -0.15) is 0 Å². The minimum Gasteiger partial charge on any atom is -0.493 e. The van der Waals surface area contributed by atoms with Crippen molar-refractivity contribution < 1.29 is 42.9 Å². The van der Waals surface area contributed by atoms with Crippen molar-refractivity contribution >= 4 is 45.4 Å². The largest absolute Gasteiger partial charge is 0.493 e. The normalized spacial score (nSPS) is 15.2. The monoisotopic (exact) mass is 816 g/mol. The van der Waals surface area contributed by atoms with E-state index in [1.807, 2.05) is 71.3 Å². The van der Waals surface area contributed by atoms with E-state index in [4.69, 9.17) is 23.7 Å². The fourth-order valence-electron chi connectivity index (χ4n) is 8.05. The second kappa shape index (κ2) is 19.2. The van der Waals surface area contributed by atoms with Gasteiger partial charge in [0.2, 0.25) is 11.8 Å². The predicted octanol–water partition coefficient (Wildman–Crippen LogP) is 6.89. The number of hydrogen-bond acceptors (Lipinski definition) is 9. The quantitative estimate of drug-likeness (QED) is 0.0885. The SMILES string of the molecule is C=CC(=O)n1c2ccccc2c2cc(C(=O)NCCOCCC(=O)N3CCC[C@H](COc4cc(-c5ccc(OC)c(OC)c5)cc5c4OCCN(C(=O)CC)C5)C3)ccc21.